The van der Waals surface area contributed by atoms with Gasteiger partial charge in [0.2, 0.25) is 5.95 Å². The molecule has 0 fully saturated rings. The van der Waals surface area contributed by atoms with Crippen LogP contribution in [0.1, 0.15) is 21.6 Å². The highest BCUT2D eigenvalue weighted by molar-refractivity contribution is 7.98. The standard InChI is InChI=1S/C20H19N7OS/c1-12-10-17(25-19(21)22-12)26-27-18(28)14-8-6-13(7-9-14)11-29-20-23-15-4-2-3-5-16(15)24-20/h2-10H,11H2,1H3,(H,23,24)(H,27,28)(H3,21,22,25,26). The third-order valence-corrected chi connectivity index (χ3v) is 5.08. The van der Waals surface area contributed by atoms with Gasteiger partial charge in [0.15, 0.2) is 5.16 Å². The van der Waals surface area contributed by atoms with Gasteiger partial charge in [0.1, 0.15) is 5.82 Å². The smallest absolute Gasteiger partial charge is 0.269 e. The van der Waals surface area contributed by atoms with E-state index in [-0.39, 0.29) is 11.9 Å². The molecule has 8 nitrogen and oxygen atoms in total. The quantitative estimate of drug-likeness (QED) is 0.287. The number of nitrogens with one attached hydrogen (secondary N) is 3. The van der Waals surface area contributed by atoms with Crippen LogP contribution >= 0.6 is 11.8 Å². The number of rotatable bonds is 6. The minimum absolute atomic E-state index is 0.146. The molecule has 0 unspecified atom stereocenters. The summed E-state index contributed by atoms with van der Waals surface area (Å²) in [5, 5.41) is 0.872. The van der Waals surface area contributed by atoms with E-state index in [1.165, 1.54) is 0 Å². The Balaban J connectivity index is 1.33. The maximum Gasteiger partial charge on any atom is 0.269 e. The number of nitrogens with zero attached hydrogens (tertiary/aromatic N) is 3. The number of aryl methyl sites for hydroxylation is 1. The van der Waals surface area contributed by atoms with E-state index >= 15 is 0 Å². The maximum absolute atomic E-state index is 12.3. The van der Waals surface area contributed by atoms with Gasteiger partial charge in [0, 0.05) is 23.1 Å². The number of carbonyl (C=O) groups is 1. The molecule has 4 aromatic rings. The molecule has 0 saturated carbocycles. The van der Waals surface area contributed by atoms with E-state index in [1.807, 2.05) is 36.4 Å². The van der Waals surface area contributed by atoms with Crippen molar-refractivity contribution in [2.45, 2.75) is 17.8 Å². The molecule has 0 radical (unpaired) electrons. The van der Waals surface area contributed by atoms with E-state index in [0.29, 0.717) is 17.1 Å². The fourth-order valence-electron chi connectivity index (χ4n) is 2.75. The molecule has 0 aliphatic rings. The van der Waals surface area contributed by atoms with Crippen LogP contribution in [0.2, 0.25) is 0 Å². The first-order valence-electron chi connectivity index (χ1n) is 8.91. The first-order valence-corrected chi connectivity index (χ1v) is 9.89. The number of nitrogens with two attached hydrogens (primary N) is 1. The van der Waals surface area contributed by atoms with E-state index in [0.717, 1.165) is 27.5 Å². The molecule has 0 saturated heterocycles. The summed E-state index contributed by atoms with van der Waals surface area (Å²) in [6.45, 7) is 1.80. The lowest BCUT2D eigenvalue weighted by atomic mass is 10.1. The van der Waals surface area contributed by atoms with E-state index in [1.54, 1.807) is 36.9 Å². The minimum Gasteiger partial charge on any atom is -0.368 e. The number of imidazole rings is 1. The third-order valence-electron chi connectivity index (χ3n) is 4.13. The zero-order valence-electron chi connectivity index (χ0n) is 15.6. The zero-order valence-corrected chi connectivity index (χ0v) is 16.5. The zero-order chi connectivity index (χ0) is 20.2. The van der Waals surface area contributed by atoms with E-state index in [4.69, 9.17) is 5.73 Å². The van der Waals surface area contributed by atoms with Crippen LogP contribution in [0.15, 0.2) is 59.8 Å². The first-order chi connectivity index (χ1) is 14.1. The van der Waals surface area contributed by atoms with Crippen molar-refractivity contribution >= 4 is 40.5 Å². The van der Waals surface area contributed by atoms with Crippen LogP contribution in [-0.2, 0) is 5.75 Å². The number of fused-ring (bicyclic) bond motifs is 1. The topological polar surface area (TPSA) is 122 Å². The fourth-order valence-corrected chi connectivity index (χ4v) is 3.59. The summed E-state index contributed by atoms with van der Waals surface area (Å²) in [5.41, 5.74) is 15.3. The number of anilines is 2. The maximum atomic E-state index is 12.3. The summed E-state index contributed by atoms with van der Waals surface area (Å²) >= 11 is 1.62. The van der Waals surface area contributed by atoms with Gasteiger partial charge in [-0.3, -0.25) is 15.6 Å². The molecular formula is C20H19N7OS. The number of hydrogen-bond donors (Lipinski definition) is 4. The average Bonchev–Trinajstić information content (AvgIpc) is 3.13. The SMILES string of the molecule is Cc1cc(NNC(=O)c2ccc(CSc3nc4ccccc4[nH]3)cc2)nc(N)n1. The number of para-hydroxylation sites is 2. The Hall–Kier alpha value is -3.59. The van der Waals surface area contributed by atoms with Crippen LogP contribution in [0.5, 0.6) is 0 Å². The lowest BCUT2D eigenvalue weighted by Crippen LogP contribution is -2.30. The molecule has 5 N–H and O–H groups in total. The Labute approximate surface area is 171 Å². The van der Waals surface area contributed by atoms with Crippen molar-refractivity contribution in [2.75, 3.05) is 11.2 Å². The van der Waals surface area contributed by atoms with Gasteiger partial charge < -0.3 is 10.7 Å². The highest BCUT2D eigenvalue weighted by Gasteiger charge is 2.07. The Morgan fingerprint density at radius 3 is 2.66 bits per heavy atom. The highest BCUT2D eigenvalue weighted by atomic mass is 32.2. The number of hydrogen-bond acceptors (Lipinski definition) is 7. The lowest BCUT2D eigenvalue weighted by Gasteiger charge is -2.09. The summed E-state index contributed by atoms with van der Waals surface area (Å²) in [5.74, 6) is 1.06. The van der Waals surface area contributed by atoms with Crippen LogP contribution in [0.3, 0.4) is 0 Å². The molecule has 0 atom stereocenters. The number of aromatic nitrogens is 4. The Bertz CT molecular complexity index is 1100. The Kier molecular flexibility index (Phi) is 5.30. The summed E-state index contributed by atoms with van der Waals surface area (Å²) in [6, 6.07) is 17.0. The van der Waals surface area contributed by atoms with Gasteiger partial charge in [0.25, 0.3) is 5.91 Å². The van der Waals surface area contributed by atoms with Gasteiger partial charge >= 0.3 is 0 Å². The van der Waals surface area contributed by atoms with Crippen molar-refractivity contribution < 1.29 is 4.79 Å². The second kappa shape index (κ2) is 8.19. The van der Waals surface area contributed by atoms with Crippen molar-refractivity contribution in [1.82, 2.24) is 25.4 Å². The largest absolute Gasteiger partial charge is 0.368 e. The van der Waals surface area contributed by atoms with Crippen LogP contribution in [-0.4, -0.2) is 25.8 Å². The molecule has 2 heterocycles. The minimum atomic E-state index is -0.267. The monoisotopic (exact) mass is 405 g/mol. The first kappa shape index (κ1) is 18.8. The predicted octanol–water partition coefficient (Wildman–Crippen LogP) is 3.29. The molecule has 0 spiro atoms. The number of hydrazine groups is 1. The Morgan fingerprint density at radius 2 is 1.90 bits per heavy atom. The Morgan fingerprint density at radius 1 is 1.10 bits per heavy atom. The second-order valence-corrected chi connectivity index (χ2v) is 7.34. The van der Waals surface area contributed by atoms with E-state index < -0.39 is 0 Å². The van der Waals surface area contributed by atoms with Gasteiger partial charge in [-0.05, 0) is 36.8 Å². The van der Waals surface area contributed by atoms with Crippen molar-refractivity contribution in [2.24, 2.45) is 0 Å². The molecule has 2 aromatic carbocycles. The second-order valence-electron chi connectivity index (χ2n) is 6.38. The molecule has 4 rings (SSSR count). The molecule has 0 aliphatic heterocycles. The molecule has 2 aromatic heterocycles. The number of H-pyrrole nitrogens is 1. The normalized spacial score (nSPS) is 10.8. The average molecular weight is 405 g/mol. The van der Waals surface area contributed by atoms with Gasteiger partial charge in [-0.2, -0.15) is 4.98 Å². The van der Waals surface area contributed by atoms with Crippen molar-refractivity contribution in [3.8, 4) is 0 Å². The summed E-state index contributed by atoms with van der Waals surface area (Å²) in [4.78, 5) is 28.2. The van der Waals surface area contributed by atoms with Crippen LogP contribution in [0.4, 0.5) is 11.8 Å². The molecule has 1 amide bonds. The summed E-state index contributed by atoms with van der Waals surface area (Å²) in [6.07, 6.45) is 0. The van der Waals surface area contributed by atoms with Gasteiger partial charge in [-0.1, -0.05) is 36.0 Å². The number of aromatic amines is 1. The highest BCUT2D eigenvalue weighted by Crippen LogP contribution is 2.23. The number of carbonyl (C=O) groups excluding carboxylic acids is 1. The van der Waals surface area contributed by atoms with Crippen molar-refractivity contribution in [1.29, 1.82) is 0 Å². The summed E-state index contributed by atoms with van der Waals surface area (Å²) in [7, 11) is 0. The van der Waals surface area contributed by atoms with Gasteiger partial charge in [-0.15, -0.1) is 0 Å². The third kappa shape index (κ3) is 4.64. The molecule has 9 heteroatoms. The van der Waals surface area contributed by atoms with Crippen LogP contribution in [0.25, 0.3) is 11.0 Å². The number of thioether (sulfide) groups is 1. The number of benzene rings is 2. The summed E-state index contributed by atoms with van der Waals surface area (Å²) < 4.78 is 0. The van der Waals surface area contributed by atoms with Crippen LogP contribution < -0.4 is 16.6 Å². The van der Waals surface area contributed by atoms with Gasteiger partial charge in [0.05, 0.1) is 11.0 Å². The van der Waals surface area contributed by atoms with E-state index in [2.05, 4.69) is 30.8 Å². The van der Waals surface area contributed by atoms with Crippen molar-refractivity contribution in [3.63, 3.8) is 0 Å². The van der Waals surface area contributed by atoms with E-state index in [9.17, 15) is 4.79 Å². The molecule has 0 aliphatic carbocycles. The molecule has 146 valence electrons. The fraction of sp³-hybridized carbons (Fsp3) is 0.100. The molecule has 29 heavy (non-hydrogen) atoms. The van der Waals surface area contributed by atoms with Gasteiger partial charge in [-0.25, -0.2) is 9.97 Å². The van der Waals surface area contributed by atoms with Crippen LogP contribution in [0, 0.1) is 6.92 Å². The van der Waals surface area contributed by atoms with Crippen molar-refractivity contribution in [3.05, 3.63) is 71.4 Å². The molecule has 0 bridgehead atoms. The number of nitrogen functional groups attached to an aromatic ring is 1. The predicted molar refractivity (Wildman–Crippen MR) is 114 cm³/mol. The lowest BCUT2D eigenvalue weighted by molar-refractivity contribution is 0.0962. The number of amides is 1. The molecular weight excluding hydrogens is 386 g/mol.